The van der Waals surface area contributed by atoms with Gasteiger partial charge in [-0.2, -0.15) is 19.0 Å². The third-order valence-electron chi connectivity index (χ3n) is 5.10. The maximum atomic E-state index is 12.7. The molecule has 2 aromatic heterocycles. The number of aliphatic imine (C=N–C) groups is 1. The van der Waals surface area contributed by atoms with E-state index in [0.717, 1.165) is 18.3 Å². The Morgan fingerprint density at radius 3 is 2.62 bits per heavy atom. The van der Waals surface area contributed by atoms with Crippen molar-refractivity contribution in [2.24, 2.45) is 10.7 Å². The van der Waals surface area contributed by atoms with E-state index in [1.165, 1.54) is 52.1 Å². The second-order valence-corrected chi connectivity index (χ2v) is 7.81. The van der Waals surface area contributed by atoms with Crippen molar-refractivity contribution in [1.82, 2.24) is 19.6 Å². The molecule has 4 aromatic rings. The zero-order chi connectivity index (χ0) is 28.2. The monoisotopic (exact) mass is 546 g/mol. The Bertz CT molecular complexity index is 1590. The number of ether oxygens (including phenoxy) is 2. The Hall–Kier alpha value is -5.01. The lowest BCUT2D eigenvalue weighted by molar-refractivity contribution is -0.274. The highest BCUT2D eigenvalue weighted by molar-refractivity contribution is 6.08. The molecule has 0 amide bonds. The van der Waals surface area contributed by atoms with E-state index in [2.05, 4.69) is 24.7 Å². The molecule has 0 fully saturated rings. The summed E-state index contributed by atoms with van der Waals surface area (Å²) in [7, 11) is 0. The molecule has 0 unspecified atom stereocenters. The van der Waals surface area contributed by atoms with E-state index in [-0.39, 0.29) is 23.0 Å². The number of benzene rings is 2. The number of aryl methyl sites for hydroxylation is 1. The summed E-state index contributed by atoms with van der Waals surface area (Å²) in [5.41, 5.74) is 6.52. The molecule has 0 aliphatic rings. The molecule has 0 saturated carbocycles. The first-order chi connectivity index (χ1) is 18.5. The molecule has 2 N–H and O–H groups in total. The van der Waals surface area contributed by atoms with Crippen LogP contribution in [0.25, 0.3) is 11.4 Å². The fourth-order valence-corrected chi connectivity index (χ4v) is 3.56. The van der Waals surface area contributed by atoms with Crippen LogP contribution in [0.15, 0.2) is 89.1 Å². The Morgan fingerprint density at radius 1 is 1.13 bits per heavy atom. The van der Waals surface area contributed by atoms with E-state index < -0.39 is 24.2 Å². The second-order valence-electron chi connectivity index (χ2n) is 7.81. The van der Waals surface area contributed by atoms with Crippen LogP contribution in [-0.2, 0) is 0 Å². The minimum Gasteiger partial charge on any atom is -0.417 e. The van der Waals surface area contributed by atoms with Gasteiger partial charge in [-0.3, -0.25) is 4.79 Å². The van der Waals surface area contributed by atoms with E-state index in [9.17, 15) is 26.7 Å². The lowest BCUT2D eigenvalue weighted by Crippen LogP contribution is -2.21. The molecule has 0 radical (unpaired) electrons. The third kappa shape index (κ3) is 6.66. The summed E-state index contributed by atoms with van der Waals surface area (Å²) in [6, 6.07) is 12.3. The van der Waals surface area contributed by atoms with Crippen molar-refractivity contribution >= 4 is 11.4 Å². The van der Waals surface area contributed by atoms with Crippen LogP contribution in [0.3, 0.4) is 0 Å². The maximum absolute atomic E-state index is 12.7. The quantitative estimate of drug-likeness (QED) is 0.251. The van der Waals surface area contributed by atoms with Crippen LogP contribution in [0.1, 0.15) is 11.3 Å². The van der Waals surface area contributed by atoms with Crippen molar-refractivity contribution in [3.8, 4) is 23.0 Å². The van der Waals surface area contributed by atoms with Crippen LogP contribution in [-0.4, -0.2) is 38.2 Å². The first-order valence-electron chi connectivity index (χ1n) is 11.1. The Labute approximate surface area is 217 Å². The highest BCUT2D eigenvalue weighted by Gasteiger charge is 2.31. The van der Waals surface area contributed by atoms with E-state index >= 15 is 0 Å². The molecule has 0 aliphatic carbocycles. The third-order valence-corrected chi connectivity index (χ3v) is 5.10. The number of hydrogen-bond acceptors (Lipinski definition) is 7. The lowest BCUT2D eigenvalue weighted by Gasteiger charge is -2.13. The molecule has 2 aromatic carbocycles. The van der Waals surface area contributed by atoms with Crippen LogP contribution in [0.5, 0.6) is 11.6 Å². The number of halogens is 5. The molecule has 39 heavy (non-hydrogen) atoms. The minimum absolute atomic E-state index is 0.0133. The van der Waals surface area contributed by atoms with Gasteiger partial charge in [0, 0.05) is 24.4 Å². The van der Waals surface area contributed by atoms with Crippen LogP contribution >= 0.6 is 0 Å². The van der Waals surface area contributed by atoms with Crippen molar-refractivity contribution in [3.05, 3.63) is 101 Å². The maximum Gasteiger partial charge on any atom is 0.573 e. The predicted molar refractivity (Wildman–Crippen MR) is 131 cm³/mol. The molecule has 0 atom stereocenters. The number of nitrogens with two attached hydrogens (primary N) is 1. The Morgan fingerprint density at radius 2 is 1.92 bits per heavy atom. The summed E-state index contributed by atoms with van der Waals surface area (Å²) in [4.78, 5) is 16.9. The van der Waals surface area contributed by atoms with E-state index in [4.69, 9.17) is 5.73 Å². The van der Waals surface area contributed by atoms with Crippen molar-refractivity contribution < 1.29 is 31.4 Å². The molecule has 4 rings (SSSR count). The Balaban J connectivity index is 1.71. The summed E-state index contributed by atoms with van der Waals surface area (Å²) >= 11 is 0. The highest BCUT2D eigenvalue weighted by atomic mass is 19.4. The van der Waals surface area contributed by atoms with Crippen molar-refractivity contribution in [2.45, 2.75) is 19.9 Å². The van der Waals surface area contributed by atoms with Gasteiger partial charge in [-0.15, -0.1) is 13.2 Å². The van der Waals surface area contributed by atoms with Crippen molar-refractivity contribution in [3.63, 3.8) is 0 Å². The van der Waals surface area contributed by atoms with Crippen LogP contribution < -0.4 is 20.6 Å². The van der Waals surface area contributed by atoms with E-state index in [1.54, 1.807) is 25.1 Å². The number of nitrogens with zero attached hydrogens (tertiary/aromatic N) is 5. The molecule has 9 nitrogen and oxygen atoms in total. The largest absolute Gasteiger partial charge is 0.573 e. The number of hydrogen-bond donors (Lipinski definition) is 1. The summed E-state index contributed by atoms with van der Waals surface area (Å²) in [6.07, 6.45) is 0.224. The minimum atomic E-state index is -4.89. The molecule has 202 valence electrons. The van der Waals surface area contributed by atoms with Crippen molar-refractivity contribution in [2.75, 3.05) is 0 Å². The highest BCUT2D eigenvalue weighted by Crippen LogP contribution is 2.27. The van der Waals surface area contributed by atoms with Crippen LogP contribution in [0.4, 0.5) is 27.6 Å². The van der Waals surface area contributed by atoms with Crippen LogP contribution in [0, 0.1) is 6.92 Å². The first kappa shape index (κ1) is 27.0. The smallest absolute Gasteiger partial charge is 0.417 e. The standard InChI is InChI=1S/C25H19F5N6O3/c1-15-13-17(36-22(8-11-32-36)38-24(26)27)5-6-20(15)35-12-9-21(37)23(34-35)19(7-10-31)33-16-3-2-4-18(14-16)39-25(28,29)30/h2-14,24H,31H2,1H3. The predicted octanol–water partition coefficient (Wildman–Crippen LogP) is 4.82. The van der Waals surface area contributed by atoms with Gasteiger partial charge in [0.2, 0.25) is 11.3 Å². The first-order valence-corrected chi connectivity index (χ1v) is 11.1. The van der Waals surface area contributed by atoms with Gasteiger partial charge in [-0.05, 0) is 55.1 Å². The van der Waals surface area contributed by atoms with Gasteiger partial charge in [0.05, 0.1) is 29.0 Å². The van der Waals surface area contributed by atoms with Gasteiger partial charge >= 0.3 is 13.0 Å². The van der Waals surface area contributed by atoms with Gasteiger partial charge in [0.1, 0.15) is 5.75 Å². The fraction of sp³-hybridized carbons (Fsp3) is 0.120. The lowest BCUT2D eigenvalue weighted by atomic mass is 10.1. The summed E-state index contributed by atoms with van der Waals surface area (Å²) in [5, 5.41) is 8.36. The molecule has 2 heterocycles. The average molecular weight is 546 g/mol. The zero-order valence-electron chi connectivity index (χ0n) is 20.0. The van der Waals surface area contributed by atoms with E-state index in [1.807, 2.05) is 0 Å². The van der Waals surface area contributed by atoms with E-state index in [0.29, 0.717) is 16.9 Å². The van der Waals surface area contributed by atoms with Gasteiger partial charge in [0.25, 0.3) is 0 Å². The normalized spacial score (nSPS) is 12.3. The number of alkyl halides is 5. The van der Waals surface area contributed by atoms with Gasteiger partial charge in [-0.25, -0.2) is 14.4 Å². The summed E-state index contributed by atoms with van der Waals surface area (Å²) in [6.45, 7) is -1.29. The summed E-state index contributed by atoms with van der Waals surface area (Å²) in [5.74, 6) is -0.645. The zero-order valence-corrected chi connectivity index (χ0v) is 20.0. The fourth-order valence-electron chi connectivity index (χ4n) is 3.56. The topological polar surface area (TPSA) is 110 Å². The van der Waals surface area contributed by atoms with Crippen molar-refractivity contribution in [1.29, 1.82) is 0 Å². The Kier molecular flexibility index (Phi) is 7.74. The van der Waals surface area contributed by atoms with Gasteiger partial charge in [0.15, 0.2) is 5.69 Å². The SMILES string of the molecule is Cc1cc(-n2nccc2OC(F)F)ccc1-n1ccc(=O)c(C(C=CN)=Nc2cccc(OC(F)(F)F)c2)n1. The second kappa shape index (κ2) is 11.2. The molecule has 0 spiro atoms. The van der Waals surface area contributed by atoms with Gasteiger partial charge < -0.3 is 15.2 Å². The number of rotatable bonds is 8. The molecule has 0 bridgehead atoms. The molecular weight excluding hydrogens is 527 g/mol. The summed E-state index contributed by atoms with van der Waals surface area (Å²) < 4.78 is 74.2. The number of allylic oxidation sites excluding steroid dienone is 1. The van der Waals surface area contributed by atoms with Crippen LogP contribution in [0.2, 0.25) is 0 Å². The molecular formula is C25H19F5N6O3. The molecule has 0 saturated heterocycles. The molecule has 0 aliphatic heterocycles. The number of aromatic nitrogens is 4. The average Bonchev–Trinajstić information content (AvgIpc) is 3.31. The van der Waals surface area contributed by atoms with Gasteiger partial charge in [-0.1, -0.05) is 6.07 Å². The molecule has 14 heteroatoms.